The zero-order valence-electron chi connectivity index (χ0n) is 7.32. The molecule has 0 saturated carbocycles. The van der Waals surface area contributed by atoms with Gasteiger partial charge < -0.3 is 9.64 Å². The molecule has 0 bridgehead atoms. The summed E-state index contributed by atoms with van der Waals surface area (Å²) < 4.78 is 5.15. The first kappa shape index (κ1) is 9.26. The summed E-state index contributed by atoms with van der Waals surface area (Å²) in [6.45, 7) is 7.02. The predicted octanol–water partition coefficient (Wildman–Crippen LogP) is 1.67. The van der Waals surface area contributed by atoms with Gasteiger partial charge in [-0.2, -0.15) is 0 Å². The van der Waals surface area contributed by atoms with Crippen molar-refractivity contribution < 1.29 is 9.53 Å². The Labute approximate surface area is 73.0 Å². The van der Waals surface area contributed by atoms with E-state index in [0.717, 1.165) is 19.3 Å². The lowest BCUT2D eigenvalue weighted by Crippen LogP contribution is -2.23. The minimum Gasteiger partial charge on any atom is -0.522 e. The normalized spacial score (nSPS) is 23.2. The minimum atomic E-state index is -0.275. The lowest BCUT2D eigenvalue weighted by atomic mass is 10.1. The van der Waals surface area contributed by atoms with Gasteiger partial charge in [0.2, 0.25) is 5.91 Å². The highest BCUT2D eigenvalue weighted by Gasteiger charge is 2.22. The molecule has 12 heavy (non-hydrogen) atoms. The first-order valence-corrected chi connectivity index (χ1v) is 4.23. The van der Waals surface area contributed by atoms with E-state index in [0.29, 0.717) is 0 Å². The van der Waals surface area contributed by atoms with Gasteiger partial charge in [0.25, 0.3) is 0 Å². The molecule has 0 aromatic heterocycles. The summed E-state index contributed by atoms with van der Waals surface area (Å²) in [5, 5.41) is 0. The van der Waals surface area contributed by atoms with Crippen LogP contribution in [0.15, 0.2) is 12.8 Å². The molecule has 0 aromatic rings. The van der Waals surface area contributed by atoms with Crippen molar-refractivity contribution >= 4 is 5.91 Å². The maximum atomic E-state index is 11.3. The number of carbonyl (C=O) groups is 1. The Morgan fingerprint density at radius 1 is 1.83 bits per heavy atom. The average Bonchev–Trinajstić information content (AvgIpc) is 2.43. The van der Waals surface area contributed by atoms with Crippen molar-refractivity contribution in [3.05, 3.63) is 19.5 Å². The van der Waals surface area contributed by atoms with E-state index in [-0.39, 0.29) is 12.0 Å². The summed E-state index contributed by atoms with van der Waals surface area (Å²) in [6.07, 6.45) is 4.10. The molecule has 1 aliphatic heterocycles. The highest BCUT2D eigenvalue weighted by atomic mass is 16.5. The number of nitrogens with zero attached hydrogens (tertiary/aromatic N) is 1. The first-order chi connectivity index (χ1) is 5.79. The van der Waals surface area contributed by atoms with E-state index in [2.05, 4.69) is 13.5 Å². The van der Waals surface area contributed by atoms with Gasteiger partial charge in [0, 0.05) is 0 Å². The Balaban J connectivity index is 2.38. The van der Waals surface area contributed by atoms with E-state index < -0.39 is 0 Å². The van der Waals surface area contributed by atoms with Crippen LogP contribution in [0.3, 0.4) is 0 Å². The molecule has 0 aromatic carbocycles. The SMILES string of the molecule is C=CN1[CH-]OC(CCCC)C1=O. The Kier molecular flexibility index (Phi) is 3.29. The number of hydrogen-bond acceptors (Lipinski definition) is 2. The molecule has 1 fully saturated rings. The van der Waals surface area contributed by atoms with Crippen LogP contribution in [-0.4, -0.2) is 16.9 Å². The van der Waals surface area contributed by atoms with Gasteiger partial charge >= 0.3 is 0 Å². The maximum Gasteiger partial charge on any atom is 0.225 e. The molecular weight excluding hydrogens is 154 g/mol. The van der Waals surface area contributed by atoms with Crippen LogP contribution in [0.1, 0.15) is 26.2 Å². The largest absolute Gasteiger partial charge is 0.522 e. The number of ether oxygens (including phenoxy) is 1. The molecule has 3 heteroatoms. The second kappa shape index (κ2) is 4.26. The number of rotatable bonds is 4. The smallest absolute Gasteiger partial charge is 0.225 e. The molecule has 3 nitrogen and oxygen atoms in total. The van der Waals surface area contributed by atoms with E-state index in [1.54, 1.807) is 0 Å². The second-order valence-corrected chi connectivity index (χ2v) is 2.80. The summed E-state index contributed by atoms with van der Waals surface area (Å²) in [5.41, 5.74) is 0. The van der Waals surface area contributed by atoms with Gasteiger partial charge in [0.1, 0.15) is 6.10 Å². The van der Waals surface area contributed by atoms with Crippen molar-refractivity contribution in [3.63, 3.8) is 0 Å². The Bertz CT molecular complexity index is 179. The van der Waals surface area contributed by atoms with E-state index >= 15 is 0 Å². The molecule has 0 spiro atoms. The van der Waals surface area contributed by atoms with Gasteiger partial charge in [-0.05, 0) is 12.6 Å². The molecule has 0 N–H and O–H groups in total. The zero-order chi connectivity index (χ0) is 8.97. The van der Waals surface area contributed by atoms with E-state index in [9.17, 15) is 4.79 Å². The first-order valence-electron chi connectivity index (χ1n) is 4.23. The summed E-state index contributed by atoms with van der Waals surface area (Å²) >= 11 is 0. The van der Waals surface area contributed by atoms with Gasteiger partial charge in [-0.25, -0.2) is 0 Å². The van der Waals surface area contributed by atoms with Crippen molar-refractivity contribution in [2.45, 2.75) is 32.3 Å². The minimum absolute atomic E-state index is 0.00144. The summed E-state index contributed by atoms with van der Waals surface area (Å²) in [6, 6.07) is 0. The molecule has 1 saturated heterocycles. The molecule has 1 unspecified atom stereocenters. The van der Waals surface area contributed by atoms with E-state index in [1.165, 1.54) is 17.8 Å². The highest BCUT2D eigenvalue weighted by Crippen LogP contribution is 2.18. The molecular formula is C9H14NO2-. The number of unbranched alkanes of at least 4 members (excludes halogenated alkanes) is 1. The molecule has 1 atom stereocenters. The van der Waals surface area contributed by atoms with Gasteiger partial charge in [-0.15, -0.1) is 6.73 Å². The maximum absolute atomic E-state index is 11.3. The summed E-state index contributed by atoms with van der Waals surface area (Å²) in [4.78, 5) is 12.7. The standard InChI is InChI=1S/C9H14NO2/c1-3-5-6-8-9(11)10(4-2)7-12-8/h4,7-8H,2-3,5-6H2,1H3/q-1. The van der Waals surface area contributed by atoms with Crippen LogP contribution in [0.2, 0.25) is 0 Å². The monoisotopic (exact) mass is 168 g/mol. The predicted molar refractivity (Wildman–Crippen MR) is 45.7 cm³/mol. The van der Waals surface area contributed by atoms with Crippen LogP contribution < -0.4 is 0 Å². The fraction of sp³-hybridized carbons (Fsp3) is 0.556. The summed E-state index contributed by atoms with van der Waals surface area (Å²) in [7, 11) is 0. The number of amides is 1. The average molecular weight is 168 g/mol. The highest BCUT2D eigenvalue weighted by molar-refractivity contribution is 5.83. The van der Waals surface area contributed by atoms with Crippen LogP contribution in [0.5, 0.6) is 0 Å². The molecule has 0 radical (unpaired) electrons. The summed E-state index contributed by atoms with van der Waals surface area (Å²) in [5.74, 6) is -0.00144. The van der Waals surface area contributed by atoms with Gasteiger partial charge in [-0.1, -0.05) is 26.3 Å². The Morgan fingerprint density at radius 2 is 2.58 bits per heavy atom. The fourth-order valence-corrected chi connectivity index (χ4v) is 1.13. The third kappa shape index (κ3) is 1.85. The van der Waals surface area contributed by atoms with Crippen LogP contribution in [0, 0.1) is 6.73 Å². The van der Waals surface area contributed by atoms with Crippen LogP contribution in [0.25, 0.3) is 0 Å². The molecule has 68 valence electrons. The molecule has 1 heterocycles. The molecule has 1 aliphatic rings. The fourth-order valence-electron chi connectivity index (χ4n) is 1.13. The van der Waals surface area contributed by atoms with Crippen LogP contribution in [0.4, 0.5) is 0 Å². The molecule has 1 rings (SSSR count). The van der Waals surface area contributed by atoms with Crippen LogP contribution >= 0.6 is 0 Å². The third-order valence-corrected chi connectivity index (χ3v) is 1.89. The molecule has 0 aliphatic carbocycles. The third-order valence-electron chi connectivity index (χ3n) is 1.89. The lowest BCUT2D eigenvalue weighted by Gasteiger charge is -2.16. The zero-order valence-corrected chi connectivity index (χ0v) is 7.32. The van der Waals surface area contributed by atoms with Gasteiger partial charge in [0.15, 0.2) is 0 Å². The van der Waals surface area contributed by atoms with Crippen molar-refractivity contribution in [2.24, 2.45) is 0 Å². The van der Waals surface area contributed by atoms with E-state index in [1.807, 2.05) is 0 Å². The van der Waals surface area contributed by atoms with Gasteiger partial charge in [-0.3, -0.25) is 4.79 Å². The van der Waals surface area contributed by atoms with Crippen LogP contribution in [-0.2, 0) is 9.53 Å². The van der Waals surface area contributed by atoms with Crippen molar-refractivity contribution in [3.8, 4) is 0 Å². The van der Waals surface area contributed by atoms with E-state index in [4.69, 9.17) is 4.74 Å². The number of hydrogen-bond donors (Lipinski definition) is 0. The van der Waals surface area contributed by atoms with Crippen molar-refractivity contribution in [1.82, 2.24) is 4.90 Å². The Morgan fingerprint density at radius 3 is 3.08 bits per heavy atom. The topological polar surface area (TPSA) is 29.5 Å². The van der Waals surface area contributed by atoms with Gasteiger partial charge in [0.05, 0.1) is 0 Å². The Hall–Kier alpha value is -0.830. The second-order valence-electron chi connectivity index (χ2n) is 2.80. The van der Waals surface area contributed by atoms with Crippen molar-refractivity contribution in [2.75, 3.05) is 0 Å². The van der Waals surface area contributed by atoms with Crippen molar-refractivity contribution in [1.29, 1.82) is 0 Å². The quantitative estimate of drug-likeness (QED) is 0.597. The number of carbonyl (C=O) groups excluding carboxylic acids is 1. The lowest BCUT2D eigenvalue weighted by molar-refractivity contribution is -0.128. The molecule has 1 amide bonds.